The van der Waals surface area contributed by atoms with Crippen LogP contribution in [0.15, 0.2) is 0 Å². The Kier molecular flexibility index (Phi) is 3.79. The lowest BCUT2D eigenvalue weighted by molar-refractivity contribution is 0.158. The number of rotatable bonds is 5. The van der Waals surface area contributed by atoms with Gasteiger partial charge in [0.05, 0.1) is 6.61 Å². The molecule has 1 aliphatic heterocycles. The SMILES string of the molecule is OCCN(CC1CCCNC1)C1CC1. The van der Waals surface area contributed by atoms with Gasteiger partial charge >= 0.3 is 0 Å². The van der Waals surface area contributed by atoms with E-state index >= 15 is 0 Å². The summed E-state index contributed by atoms with van der Waals surface area (Å²) < 4.78 is 0. The van der Waals surface area contributed by atoms with Crippen LogP contribution in [-0.4, -0.2) is 48.8 Å². The van der Waals surface area contributed by atoms with Crippen molar-refractivity contribution < 1.29 is 5.11 Å². The standard InChI is InChI=1S/C11H22N2O/c14-7-6-13(11-3-4-11)9-10-2-1-5-12-8-10/h10-12,14H,1-9H2. The van der Waals surface area contributed by atoms with Crippen molar-refractivity contribution in [2.75, 3.05) is 32.8 Å². The van der Waals surface area contributed by atoms with Crippen LogP contribution in [-0.2, 0) is 0 Å². The Balaban J connectivity index is 1.73. The predicted molar refractivity (Wildman–Crippen MR) is 57.3 cm³/mol. The maximum absolute atomic E-state index is 8.99. The summed E-state index contributed by atoms with van der Waals surface area (Å²) in [7, 11) is 0. The number of hydrogen-bond acceptors (Lipinski definition) is 3. The smallest absolute Gasteiger partial charge is 0.0558 e. The lowest BCUT2D eigenvalue weighted by atomic mass is 9.99. The van der Waals surface area contributed by atoms with Crippen LogP contribution >= 0.6 is 0 Å². The van der Waals surface area contributed by atoms with Gasteiger partial charge < -0.3 is 10.4 Å². The zero-order valence-electron chi connectivity index (χ0n) is 8.91. The molecule has 1 unspecified atom stereocenters. The highest BCUT2D eigenvalue weighted by Gasteiger charge is 2.30. The van der Waals surface area contributed by atoms with E-state index < -0.39 is 0 Å². The van der Waals surface area contributed by atoms with Gasteiger partial charge in [-0.3, -0.25) is 4.90 Å². The first-order chi connectivity index (χ1) is 6.90. The molecular weight excluding hydrogens is 176 g/mol. The molecule has 0 amide bonds. The maximum atomic E-state index is 8.99. The van der Waals surface area contributed by atoms with E-state index in [-0.39, 0.29) is 0 Å². The number of piperidine rings is 1. The minimum atomic E-state index is 0.316. The summed E-state index contributed by atoms with van der Waals surface area (Å²) in [6.07, 6.45) is 5.38. The Morgan fingerprint density at radius 1 is 1.29 bits per heavy atom. The molecule has 3 nitrogen and oxygen atoms in total. The normalized spacial score (nSPS) is 28.3. The molecule has 1 aliphatic carbocycles. The Labute approximate surface area is 86.5 Å². The highest BCUT2D eigenvalue weighted by Crippen LogP contribution is 2.28. The molecule has 82 valence electrons. The number of nitrogens with zero attached hydrogens (tertiary/aromatic N) is 1. The first kappa shape index (κ1) is 10.4. The zero-order chi connectivity index (χ0) is 9.80. The summed E-state index contributed by atoms with van der Waals surface area (Å²) in [6, 6.07) is 0.795. The molecule has 1 atom stereocenters. The van der Waals surface area contributed by atoms with Crippen molar-refractivity contribution in [3.63, 3.8) is 0 Å². The number of nitrogens with one attached hydrogen (secondary N) is 1. The molecule has 2 fully saturated rings. The Morgan fingerprint density at radius 2 is 2.14 bits per heavy atom. The summed E-state index contributed by atoms with van der Waals surface area (Å²) in [5.74, 6) is 0.816. The van der Waals surface area contributed by atoms with Crippen LogP contribution in [0.4, 0.5) is 0 Å². The predicted octanol–water partition coefficient (Wildman–Crippen LogP) is 0.443. The summed E-state index contributed by atoms with van der Waals surface area (Å²) >= 11 is 0. The van der Waals surface area contributed by atoms with Gasteiger partial charge in [-0.25, -0.2) is 0 Å². The molecule has 0 aromatic heterocycles. The van der Waals surface area contributed by atoms with Gasteiger partial charge in [0.15, 0.2) is 0 Å². The first-order valence-electron chi connectivity index (χ1n) is 5.96. The summed E-state index contributed by atoms with van der Waals surface area (Å²) in [5.41, 5.74) is 0. The minimum Gasteiger partial charge on any atom is -0.395 e. The van der Waals surface area contributed by atoms with Crippen LogP contribution in [0.5, 0.6) is 0 Å². The van der Waals surface area contributed by atoms with Gasteiger partial charge in [0.1, 0.15) is 0 Å². The van der Waals surface area contributed by atoms with E-state index in [0.717, 1.165) is 18.5 Å². The van der Waals surface area contributed by atoms with Crippen molar-refractivity contribution in [2.24, 2.45) is 5.92 Å². The van der Waals surface area contributed by atoms with Gasteiger partial charge in [0.25, 0.3) is 0 Å². The second kappa shape index (κ2) is 5.10. The third kappa shape index (κ3) is 2.94. The van der Waals surface area contributed by atoms with E-state index in [1.54, 1.807) is 0 Å². The highest BCUT2D eigenvalue weighted by atomic mass is 16.3. The lowest BCUT2D eigenvalue weighted by Gasteiger charge is -2.29. The highest BCUT2D eigenvalue weighted by molar-refractivity contribution is 4.86. The average molecular weight is 198 g/mol. The molecule has 0 spiro atoms. The third-order valence-electron chi connectivity index (χ3n) is 3.34. The van der Waals surface area contributed by atoms with Gasteiger partial charge in [-0.2, -0.15) is 0 Å². The van der Waals surface area contributed by atoms with Crippen LogP contribution in [0, 0.1) is 5.92 Å². The lowest BCUT2D eigenvalue weighted by Crippen LogP contribution is -2.40. The van der Waals surface area contributed by atoms with E-state index in [0.29, 0.717) is 6.61 Å². The molecule has 14 heavy (non-hydrogen) atoms. The van der Waals surface area contributed by atoms with E-state index in [1.807, 2.05) is 0 Å². The fraction of sp³-hybridized carbons (Fsp3) is 1.00. The van der Waals surface area contributed by atoms with E-state index in [1.165, 1.54) is 45.3 Å². The largest absolute Gasteiger partial charge is 0.395 e. The molecule has 0 radical (unpaired) electrons. The van der Waals surface area contributed by atoms with E-state index in [9.17, 15) is 0 Å². The van der Waals surface area contributed by atoms with Gasteiger partial charge in [-0.05, 0) is 44.7 Å². The molecule has 1 saturated carbocycles. The van der Waals surface area contributed by atoms with Crippen LogP contribution < -0.4 is 5.32 Å². The van der Waals surface area contributed by atoms with Gasteiger partial charge in [0, 0.05) is 19.1 Å². The molecule has 1 heterocycles. The van der Waals surface area contributed by atoms with Gasteiger partial charge in [0.2, 0.25) is 0 Å². The molecule has 2 aliphatic rings. The molecule has 2 rings (SSSR count). The minimum absolute atomic E-state index is 0.316. The summed E-state index contributed by atoms with van der Waals surface area (Å²) in [6.45, 7) is 4.75. The van der Waals surface area contributed by atoms with Crippen LogP contribution in [0.2, 0.25) is 0 Å². The fourth-order valence-corrected chi connectivity index (χ4v) is 2.40. The van der Waals surface area contributed by atoms with Crippen LogP contribution in [0.1, 0.15) is 25.7 Å². The van der Waals surface area contributed by atoms with Crippen molar-refractivity contribution in [3.05, 3.63) is 0 Å². The molecule has 3 heteroatoms. The fourth-order valence-electron chi connectivity index (χ4n) is 2.40. The monoisotopic (exact) mass is 198 g/mol. The molecular formula is C11H22N2O. The topological polar surface area (TPSA) is 35.5 Å². The molecule has 1 saturated heterocycles. The van der Waals surface area contributed by atoms with Crippen molar-refractivity contribution in [3.8, 4) is 0 Å². The van der Waals surface area contributed by atoms with Gasteiger partial charge in [-0.15, -0.1) is 0 Å². The second-order valence-electron chi connectivity index (χ2n) is 4.66. The van der Waals surface area contributed by atoms with Crippen LogP contribution in [0.25, 0.3) is 0 Å². The van der Waals surface area contributed by atoms with Crippen molar-refractivity contribution in [2.45, 2.75) is 31.7 Å². The number of aliphatic hydroxyl groups is 1. The number of hydrogen-bond donors (Lipinski definition) is 2. The third-order valence-corrected chi connectivity index (χ3v) is 3.34. The van der Waals surface area contributed by atoms with Crippen molar-refractivity contribution in [1.29, 1.82) is 0 Å². The first-order valence-corrected chi connectivity index (χ1v) is 5.96. The maximum Gasteiger partial charge on any atom is 0.0558 e. The zero-order valence-corrected chi connectivity index (χ0v) is 8.91. The van der Waals surface area contributed by atoms with E-state index in [2.05, 4.69) is 10.2 Å². The second-order valence-corrected chi connectivity index (χ2v) is 4.66. The molecule has 0 aromatic rings. The molecule has 0 bridgehead atoms. The molecule has 0 aromatic carbocycles. The Hall–Kier alpha value is -0.120. The Bertz CT molecular complexity index is 165. The number of aliphatic hydroxyl groups excluding tert-OH is 1. The quantitative estimate of drug-likeness (QED) is 0.673. The van der Waals surface area contributed by atoms with Gasteiger partial charge in [-0.1, -0.05) is 0 Å². The summed E-state index contributed by atoms with van der Waals surface area (Å²) in [4.78, 5) is 2.48. The van der Waals surface area contributed by atoms with Crippen molar-refractivity contribution in [1.82, 2.24) is 10.2 Å². The molecule has 2 N–H and O–H groups in total. The Morgan fingerprint density at radius 3 is 2.71 bits per heavy atom. The van der Waals surface area contributed by atoms with Crippen molar-refractivity contribution >= 4 is 0 Å². The average Bonchev–Trinajstić information content (AvgIpc) is 3.02. The van der Waals surface area contributed by atoms with Crippen LogP contribution in [0.3, 0.4) is 0 Å². The summed E-state index contributed by atoms with van der Waals surface area (Å²) in [5, 5.41) is 12.4. The van der Waals surface area contributed by atoms with E-state index in [4.69, 9.17) is 5.11 Å².